The highest BCUT2D eigenvalue weighted by atomic mass is 32.2. The van der Waals surface area contributed by atoms with E-state index in [0.29, 0.717) is 0 Å². The molecule has 0 saturated carbocycles. The molecule has 0 aliphatic heterocycles. The van der Waals surface area contributed by atoms with Crippen LogP contribution >= 0.6 is 22.7 Å². The summed E-state index contributed by atoms with van der Waals surface area (Å²) in [7, 11) is -3.65. The predicted octanol–water partition coefficient (Wildman–Crippen LogP) is 2.98. The third-order valence-corrected chi connectivity index (χ3v) is 6.93. The van der Waals surface area contributed by atoms with Crippen LogP contribution in [0.25, 0.3) is 10.1 Å². The lowest BCUT2D eigenvalue weighted by Gasteiger charge is -2.06. The van der Waals surface area contributed by atoms with Gasteiger partial charge in [-0.1, -0.05) is 24.3 Å². The second-order valence-corrected chi connectivity index (χ2v) is 8.53. The van der Waals surface area contributed by atoms with Crippen molar-refractivity contribution in [3.63, 3.8) is 0 Å². The number of ether oxygens (including phenoxy) is 1. The summed E-state index contributed by atoms with van der Waals surface area (Å²) >= 11 is 2.67. The maximum Gasteiger partial charge on any atom is 0.321 e. The van der Waals surface area contributed by atoms with Crippen molar-refractivity contribution in [2.75, 3.05) is 6.54 Å². The Hall–Kier alpha value is -1.74. The Kier molecular flexibility index (Phi) is 4.76. The van der Waals surface area contributed by atoms with Crippen molar-refractivity contribution in [3.05, 3.63) is 52.7 Å². The molecule has 0 bridgehead atoms. The van der Waals surface area contributed by atoms with Crippen LogP contribution in [0.15, 0.2) is 51.4 Å². The smallest absolute Gasteiger partial charge is 0.321 e. The number of carbonyl (C=O) groups is 1. The first-order valence-electron chi connectivity index (χ1n) is 6.70. The zero-order chi connectivity index (χ0) is 16.3. The second kappa shape index (κ2) is 6.79. The molecule has 23 heavy (non-hydrogen) atoms. The summed E-state index contributed by atoms with van der Waals surface area (Å²) in [5.41, 5.74) is 0.917. The molecule has 0 aliphatic rings. The second-order valence-electron chi connectivity index (χ2n) is 4.67. The zero-order valence-corrected chi connectivity index (χ0v) is 14.3. The number of rotatable bonds is 6. The molecule has 0 amide bonds. The molecule has 0 unspecified atom stereocenters. The lowest BCUT2D eigenvalue weighted by atomic mass is 10.2. The molecule has 0 aliphatic carbocycles. The highest BCUT2D eigenvalue weighted by molar-refractivity contribution is 7.91. The molecule has 0 saturated heterocycles. The van der Waals surface area contributed by atoms with Crippen LogP contribution in [0.2, 0.25) is 0 Å². The lowest BCUT2D eigenvalue weighted by Crippen LogP contribution is -2.30. The van der Waals surface area contributed by atoms with E-state index in [1.165, 1.54) is 6.07 Å². The molecule has 0 radical (unpaired) electrons. The fraction of sp³-hybridized carbons (Fsp3) is 0.133. The summed E-state index contributed by atoms with van der Waals surface area (Å²) in [5, 5.41) is 4.65. The van der Waals surface area contributed by atoms with Gasteiger partial charge < -0.3 is 4.74 Å². The van der Waals surface area contributed by atoms with Gasteiger partial charge in [-0.3, -0.25) is 4.79 Å². The molecular formula is C15H13NO4S3. The third-order valence-electron chi connectivity index (χ3n) is 3.12. The van der Waals surface area contributed by atoms with Gasteiger partial charge in [0.25, 0.3) is 10.0 Å². The van der Waals surface area contributed by atoms with E-state index in [0.717, 1.165) is 27.0 Å². The molecule has 3 aromatic rings. The van der Waals surface area contributed by atoms with Crippen LogP contribution in [0.5, 0.6) is 0 Å². The molecule has 8 heteroatoms. The largest absolute Gasteiger partial charge is 0.460 e. The molecule has 1 N–H and O–H groups in total. The number of esters is 1. The molecule has 3 rings (SSSR count). The zero-order valence-electron chi connectivity index (χ0n) is 11.9. The molecule has 0 atom stereocenters. The van der Waals surface area contributed by atoms with Crippen LogP contribution in [0.1, 0.15) is 5.56 Å². The van der Waals surface area contributed by atoms with Gasteiger partial charge in [-0.2, -0.15) is 4.72 Å². The molecule has 1 aromatic carbocycles. The molecule has 0 spiro atoms. The maximum absolute atomic E-state index is 11.9. The van der Waals surface area contributed by atoms with E-state index < -0.39 is 16.0 Å². The highest BCUT2D eigenvalue weighted by Gasteiger charge is 2.17. The van der Waals surface area contributed by atoms with Crippen molar-refractivity contribution >= 4 is 48.8 Å². The van der Waals surface area contributed by atoms with Gasteiger partial charge in [-0.25, -0.2) is 8.42 Å². The van der Waals surface area contributed by atoms with Gasteiger partial charge in [0, 0.05) is 10.3 Å². The Morgan fingerprint density at radius 3 is 2.74 bits per heavy atom. The minimum Gasteiger partial charge on any atom is -0.460 e. The topological polar surface area (TPSA) is 72.5 Å². The van der Waals surface area contributed by atoms with Crippen molar-refractivity contribution < 1.29 is 17.9 Å². The number of hydrogen-bond acceptors (Lipinski definition) is 6. The van der Waals surface area contributed by atoms with Crippen molar-refractivity contribution in [2.24, 2.45) is 0 Å². The minimum absolute atomic E-state index is 0.129. The normalized spacial score (nSPS) is 11.7. The molecular weight excluding hydrogens is 354 g/mol. The van der Waals surface area contributed by atoms with Gasteiger partial charge in [-0.05, 0) is 28.3 Å². The summed E-state index contributed by atoms with van der Waals surface area (Å²) < 4.78 is 32.5. The average Bonchev–Trinajstić information content (AvgIpc) is 3.21. The van der Waals surface area contributed by atoms with Crippen molar-refractivity contribution in [2.45, 2.75) is 10.8 Å². The van der Waals surface area contributed by atoms with Crippen LogP contribution in [0.4, 0.5) is 0 Å². The summed E-state index contributed by atoms with van der Waals surface area (Å²) in [6.45, 7) is -0.258. The van der Waals surface area contributed by atoms with Gasteiger partial charge in [-0.15, -0.1) is 22.7 Å². The van der Waals surface area contributed by atoms with Crippen LogP contribution in [0, 0.1) is 0 Å². The molecule has 0 fully saturated rings. The monoisotopic (exact) mass is 367 g/mol. The van der Waals surface area contributed by atoms with Gasteiger partial charge in [0.2, 0.25) is 0 Å². The van der Waals surface area contributed by atoms with Gasteiger partial charge >= 0.3 is 5.97 Å². The van der Waals surface area contributed by atoms with Crippen LogP contribution in [-0.4, -0.2) is 20.9 Å². The van der Waals surface area contributed by atoms with E-state index in [4.69, 9.17) is 4.74 Å². The van der Waals surface area contributed by atoms with Crippen molar-refractivity contribution in [3.8, 4) is 0 Å². The fourth-order valence-electron chi connectivity index (χ4n) is 2.00. The summed E-state index contributed by atoms with van der Waals surface area (Å²) in [5.74, 6) is -0.611. The van der Waals surface area contributed by atoms with E-state index >= 15 is 0 Å². The Balaban J connectivity index is 1.56. The first kappa shape index (κ1) is 16.1. The number of carbonyl (C=O) groups excluding carboxylic acids is 1. The molecule has 5 nitrogen and oxygen atoms in total. The summed E-state index contributed by atoms with van der Waals surface area (Å²) in [4.78, 5) is 11.7. The number of hydrogen-bond donors (Lipinski definition) is 1. The first-order valence-corrected chi connectivity index (χ1v) is 9.94. The van der Waals surface area contributed by atoms with Gasteiger partial charge in [0.05, 0.1) is 0 Å². The van der Waals surface area contributed by atoms with Crippen molar-refractivity contribution in [1.82, 2.24) is 4.72 Å². The van der Waals surface area contributed by atoms with E-state index in [-0.39, 0.29) is 17.4 Å². The predicted molar refractivity (Wildman–Crippen MR) is 91.1 cm³/mol. The van der Waals surface area contributed by atoms with Gasteiger partial charge in [0.15, 0.2) is 0 Å². The number of thiophene rings is 2. The van der Waals surface area contributed by atoms with E-state index in [2.05, 4.69) is 4.72 Å². The molecule has 2 aromatic heterocycles. The standard InChI is InChI=1S/C15H13NO4S3/c17-14(8-16-23(18,19)15-6-3-7-21-15)20-9-11-10-22-13-5-2-1-4-12(11)13/h1-7,10,16H,8-9H2. The van der Waals surface area contributed by atoms with E-state index in [9.17, 15) is 13.2 Å². The average molecular weight is 367 g/mol. The van der Waals surface area contributed by atoms with E-state index in [1.807, 2.05) is 29.6 Å². The Morgan fingerprint density at radius 1 is 1.13 bits per heavy atom. The summed E-state index contributed by atoms with van der Waals surface area (Å²) in [6.07, 6.45) is 0. The lowest BCUT2D eigenvalue weighted by molar-refractivity contribution is -0.143. The minimum atomic E-state index is -3.65. The first-order chi connectivity index (χ1) is 11.1. The quantitative estimate of drug-likeness (QED) is 0.680. The number of benzene rings is 1. The Bertz CT molecular complexity index is 913. The summed E-state index contributed by atoms with van der Waals surface area (Å²) in [6, 6.07) is 11.0. The highest BCUT2D eigenvalue weighted by Crippen LogP contribution is 2.26. The fourth-order valence-corrected chi connectivity index (χ4v) is 4.95. The molecule has 120 valence electrons. The SMILES string of the molecule is O=C(CNS(=O)(=O)c1cccs1)OCc1csc2ccccc12. The van der Waals surface area contributed by atoms with Crippen LogP contribution in [-0.2, 0) is 26.2 Å². The Morgan fingerprint density at radius 2 is 1.96 bits per heavy atom. The Labute approximate surface area is 141 Å². The van der Waals surface area contributed by atoms with Crippen molar-refractivity contribution in [1.29, 1.82) is 0 Å². The number of nitrogens with one attached hydrogen (secondary N) is 1. The van der Waals surface area contributed by atoms with Crippen LogP contribution in [0.3, 0.4) is 0 Å². The molecule has 2 heterocycles. The van der Waals surface area contributed by atoms with E-state index in [1.54, 1.807) is 22.8 Å². The number of sulfonamides is 1. The third kappa shape index (κ3) is 3.78. The van der Waals surface area contributed by atoms with Crippen LogP contribution < -0.4 is 4.72 Å². The number of fused-ring (bicyclic) bond motifs is 1. The van der Waals surface area contributed by atoms with Gasteiger partial charge in [0.1, 0.15) is 17.4 Å². The maximum atomic E-state index is 11.9.